The van der Waals surface area contributed by atoms with Gasteiger partial charge < -0.3 is 33.6 Å². The van der Waals surface area contributed by atoms with E-state index in [0.29, 0.717) is 34.1 Å². The molecule has 3 aromatic carbocycles. The fraction of sp³-hybridized carbons (Fsp3) is 0.0741. The molecule has 0 radical (unpaired) electrons. The minimum Gasteiger partial charge on any atom is -0.504 e. The molecule has 1 heterocycles. The van der Waals surface area contributed by atoms with Crippen molar-refractivity contribution in [3.8, 4) is 34.5 Å². The molecule has 0 unspecified atom stereocenters. The van der Waals surface area contributed by atoms with Crippen LogP contribution in [0.1, 0.15) is 11.1 Å². The highest BCUT2D eigenvalue weighted by molar-refractivity contribution is 6.40. The number of para-hydroxylation sites is 2. The van der Waals surface area contributed by atoms with Gasteiger partial charge in [-0.2, -0.15) is 0 Å². The summed E-state index contributed by atoms with van der Waals surface area (Å²) in [6, 6.07) is 16.7. The standard InChI is InChI=1S/C27H23BO8/c1-32-26-15-18(9-13-22(26)30)7-11-20(29)17-21(12-8-19-10-14-23(31)27(16-19)33-2)34-28-35-24-5-3-4-6-25(24)36-28/h3-17,30-31H,1-2H3/b11-7+,12-8+,21-17-. The maximum atomic E-state index is 12.7. The summed E-state index contributed by atoms with van der Waals surface area (Å²) in [6.07, 6.45) is 7.51. The van der Waals surface area contributed by atoms with Crippen molar-refractivity contribution in [2.45, 2.75) is 0 Å². The first kappa shape index (κ1) is 24.3. The second-order valence-corrected chi connectivity index (χ2v) is 7.57. The number of ether oxygens (including phenoxy) is 2. The van der Waals surface area contributed by atoms with Crippen molar-refractivity contribution in [3.63, 3.8) is 0 Å². The summed E-state index contributed by atoms with van der Waals surface area (Å²) in [7, 11) is 1.82. The van der Waals surface area contributed by atoms with E-state index in [9.17, 15) is 15.0 Å². The lowest BCUT2D eigenvalue weighted by atomic mass is 10.1. The molecule has 0 amide bonds. The molecule has 1 aliphatic heterocycles. The number of fused-ring (bicyclic) bond motifs is 1. The van der Waals surface area contributed by atoms with Crippen LogP contribution in [0.25, 0.3) is 12.2 Å². The summed E-state index contributed by atoms with van der Waals surface area (Å²) < 4.78 is 27.3. The molecule has 0 saturated heterocycles. The summed E-state index contributed by atoms with van der Waals surface area (Å²) in [5.41, 5.74) is 1.37. The van der Waals surface area contributed by atoms with Crippen molar-refractivity contribution in [1.82, 2.24) is 0 Å². The van der Waals surface area contributed by atoms with E-state index >= 15 is 0 Å². The van der Waals surface area contributed by atoms with Crippen LogP contribution in [-0.2, 0) is 9.45 Å². The average Bonchev–Trinajstić information content (AvgIpc) is 3.30. The van der Waals surface area contributed by atoms with Gasteiger partial charge in [-0.3, -0.25) is 4.79 Å². The Bertz CT molecular complexity index is 1320. The van der Waals surface area contributed by atoms with E-state index in [0.717, 1.165) is 0 Å². The molecule has 2 N–H and O–H groups in total. The van der Waals surface area contributed by atoms with Gasteiger partial charge in [0.05, 0.1) is 14.2 Å². The molecule has 0 spiro atoms. The maximum absolute atomic E-state index is 12.7. The van der Waals surface area contributed by atoms with E-state index in [1.807, 2.05) is 12.1 Å². The Balaban J connectivity index is 1.55. The van der Waals surface area contributed by atoms with Crippen LogP contribution in [0.15, 0.2) is 84.7 Å². The van der Waals surface area contributed by atoms with Crippen molar-refractivity contribution in [3.05, 3.63) is 95.8 Å². The summed E-state index contributed by atoms with van der Waals surface area (Å²) in [4.78, 5) is 12.7. The monoisotopic (exact) mass is 486 g/mol. The number of carbonyl (C=O) groups is 1. The van der Waals surface area contributed by atoms with Gasteiger partial charge in [-0.05, 0) is 59.7 Å². The predicted octanol–water partition coefficient (Wildman–Crippen LogP) is 4.77. The van der Waals surface area contributed by atoms with Crippen molar-refractivity contribution >= 4 is 25.3 Å². The Kier molecular flexibility index (Phi) is 7.50. The normalized spacial score (nSPS) is 12.8. The second kappa shape index (κ2) is 11.1. The Labute approximate surface area is 208 Å². The number of phenolic OH excluding ortho intramolecular Hbond substituents is 2. The second-order valence-electron chi connectivity index (χ2n) is 7.57. The molecule has 0 bridgehead atoms. The minimum absolute atomic E-state index is 0.00474. The van der Waals surface area contributed by atoms with Crippen LogP contribution < -0.4 is 18.8 Å². The van der Waals surface area contributed by atoms with E-state index in [1.54, 1.807) is 54.6 Å². The highest BCUT2D eigenvalue weighted by atomic mass is 16.8. The molecule has 9 heteroatoms. The number of methoxy groups -OCH3 is 2. The van der Waals surface area contributed by atoms with E-state index in [4.69, 9.17) is 23.4 Å². The molecule has 0 fully saturated rings. The third kappa shape index (κ3) is 6.01. The van der Waals surface area contributed by atoms with E-state index in [2.05, 4.69) is 0 Å². The fourth-order valence-corrected chi connectivity index (χ4v) is 3.30. The van der Waals surface area contributed by atoms with Crippen LogP contribution in [0, 0.1) is 0 Å². The molecule has 182 valence electrons. The van der Waals surface area contributed by atoms with Gasteiger partial charge in [-0.1, -0.05) is 36.4 Å². The van der Waals surface area contributed by atoms with Crippen LogP contribution in [0.4, 0.5) is 0 Å². The van der Waals surface area contributed by atoms with Gasteiger partial charge in [0, 0.05) is 6.08 Å². The van der Waals surface area contributed by atoms with Crippen LogP contribution >= 0.6 is 0 Å². The van der Waals surface area contributed by atoms with Gasteiger partial charge in [0.15, 0.2) is 28.8 Å². The van der Waals surface area contributed by atoms with Crippen LogP contribution in [0.5, 0.6) is 34.5 Å². The topological polar surface area (TPSA) is 104 Å². The third-order valence-electron chi connectivity index (χ3n) is 5.10. The highest BCUT2D eigenvalue weighted by Gasteiger charge is 2.37. The molecule has 3 aromatic rings. The zero-order chi connectivity index (χ0) is 25.5. The van der Waals surface area contributed by atoms with Gasteiger partial charge in [-0.25, -0.2) is 0 Å². The zero-order valence-electron chi connectivity index (χ0n) is 19.6. The minimum atomic E-state index is -1.08. The number of aromatic hydroxyl groups is 2. The first-order valence-corrected chi connectivity index (χ1v) is 10.9. The number of rotatable bonds is 9. The quantitative estimate of drug-likeness (QED) is 0.193. The number of phenols is 2. The van der Waals surface area contributed by atoms with Crippen molar-refractivity contribution in [2.24, 2.45) is 0 Å². The first-order valence-electron chi connectivity index (χ1n) is 10.9. The SMILES string of the molecule is COc1cc(/C=C/C(=O)/C=C(/C=C/c2ccc(O)c(OC)c2)OB2Oc3ccccc3O2)ccc1O. The average molecular weight is 486 g/mol. The molecule has 36 heavy (non-hydrogen) atoms. The molecule has 4 rings (SSSR count). The Hall–Kier alpha value is -4.79. The Morgan fingerprint density at radius 3 is 1.86 bits per heavy atom. The molecular formula is C27H23BO8. The highest BCUT2D eigenvalue weighted by Crippen LogP contribution is 2.33. The van der Waals surface area contributed by atoms with Gasteiger partial charge in [0.2, 0.25) is 0 Å². The number of allylic oxidation sites excluding steroid dienone is 3. The van der Waals surface area contributed by atoms with Gasteiger partial charge in [-0.15, -0.1) is 0 Å². The van der Waals surface area contributed by atoms with Crippen molar-refractivity contribution in [2.75, 3.05) is 14.2 Å². The number of carbonyl (C=O) groups excluding carboxylic acids is 1. The van der Waals surface area contributed by atoms with Crippen LogP contribution in [0.3, 0.4) is 0 Å². The number of hydrogen-bond acceptors (Lipinski definition) is 8. The van der Waals surface area contributed by atoms with Gasteiger partial charge in [0.1, 0.15) is 17.3 Å². The Morgan fingerprint density at radius 2 is 1.33 bits per heavy atom. The summed E-state index contributed by atoms with van der Waals surface area (Å²) in [6.45, 7) is 0. The zero-order valence-corrected chi connectivity index (χ0v) is 19.6. The van der Waals surface area contributed by atoms with Crippen LogP contribution in [0.2, 0.25) is 0 Å². The summed E-state index contributed by atoms with van der Waals surface area (Å²) in [5, 5.41) is 19.6. The lowest BCUT2D eigenvalue weighted by molar-refractivity contribution is -0.110. The molecule has 8 nitrogen and oxygen atoms in total. The smallest absolute Gasteiger partial charge is 0.504 e. The van der Waals surface area contributed by atoms with E-state index < -0.39 is 7.32 Å². The number of benzene rings is 3. The molecule has 1 aliphatic rings. The van der Waals surface area contributed by atoms with Crippen molar-refractivity contribution in [1.29, 1.82) is 0 Å². The maximum Gasteiger partial charge on any atom is 0.864 e. The van der Waals surface area contributed by atoms with Crippen LogP contribution in [-0.4, -0.2) is 37.5 Å². The van der Waals surface area contributed by atoms with Gasteiger partial charge >= 0.3 is 7.32 Å². The molecule has 0 aliphatic carbocycles. The Morgan fingerprint density at radius 1 is 0.806 bits per heavy atom. The number of ketones is 1. The summed E-state index contributed by atoms with van der Waals surface area (Å²) in [5.74, 6) is 1.50. The molecule has 0 atom stereocenters. The largest absolute Gasteiger partial charge is 0.864 e. The lowest BCUT2D eigenvalue weighted by Crippen LogP contribution is -2.28. The third-order valence-corrected chi connectivity index (χ3v) is 5.10. The van der Waals surface area contributed by atoms with Gasteiger partial charge in [0.25, 0.3) is 0 Å². The van der Waals surface area contributed by atoms with E-state index in [-0.39, 0.29) is 23.0 Å². The lowest BCUT2D eigenvalue weighted by Gasteiger charge is -2.08. The molecule has 0 saturated carbocycles. The van der Waals surface area contributed by atoms with E-state index in [1.165, 1.54) is 38.5 Å². The summed E-state index contributed by atoms with van der Waals surface area (Å²) >= 11 is 0. The molecular weight excluding hydrogens is 463 g/mol. The predicted molar refractivity (Wildman–Crippen MR) is 135 cm³/mol. The number of hydrogen-bond donors (Lipinski definition) is 2. The molecule has 0 aromatic heterocycles. The van der Waals surface area contributed by atoms with Crippen molar-refractivity contribution < 1.29 is 38.4 Å². The first-order chi connectivity index (χ1) is 17.4. The fourth-order valence-electron chi connectivity index (χ4n) is 3.30.